The van der Waals surface area contributed by atoms with Gasteiger partial charge in [-0.05, 0) is 31.2 Å². The van der Waals surface area contributed by atoms with Crippen molar-refractivity contribution in [2.45, 2.75) is 18.9 Å². The molecule has 24 heavy (non-hydrogen) atoms. The molecule has 1 aromatic carbocycles. The Bertz CT molecular complexity index is 764. The third-order valence-corrected chi connectivity index (χ3v) is 4.03. The normalized spacial score (nSPS) is 12.2. The van der Waals surface area contributed by atoms with Gasteiger partial charge in [0.1, 0.15) is 5.65 Å². The van der Waals surface area contributed by atoms with E-state index in [2.05, 4.69) is 27.8 Å². The molecule has 1 amide bonds. The topological polar surface area (TPSA) is 58.4 Å². The fraction of sp³-hybridized carbons (Fsp3) is 0.263. The Labute approximate surface area is 141 Å². The van der Waals surface area contributed by atoms with Gasteiger partial charge >= 0.3 is 0 Å². The van der Waals surface area contributed by atoms with E-state index in [1.165, 1.54) is 5.56 Å². The van der Waals surface area contributed by atoms with E-state index in [4.69, 9.17) is 0 Å². The first-order valence-corrected chi connectivity index (χ1v) is 8.15. The van der Waals surface area contributed by atoms with Crippen molar-refractivity contribution < 1.29 is 4.79 Å². The quantitative estimate of drug-likeness (QED) is 0.698. The first kappa shape index (κ1) is 16.2. The molecule has 124 valence electrons. The highest BCUT2D eigenvalue weighted by Crippen LogP contribution is 2.05. The summed E-state index contributed by atoms with van der Waals surface area (Å²) in [5, 5.41) is 6.25. The van der Waals surface area contributed by atoms with Crippen LogP contribution in [0.2, 0.25) is 0 Å². The molecule has 0 aliphatic carbocycles. The lowest BCUT2D eigenvalue weighted by Gasteiger charge is -2.17. The van der Waals surface area contributed by atoms with Gasteiger partial charge in [0.2, 0.25) is 5.91 Å². The van der Waals surface area contributed by atoms with Gasteiger partial charge in [0.15, 0.2) is 0 Å². The van der Waals surface area contributed by atoms with Gasteiger partial charge < -0.3 is 15.0 Å². The van der Waals surface area contributed by atoms with E-state index in [0.717, 1.165) is 17.8 Å². The number of hydrogen-bond acceptors (Lipinski definition) is 3. The maximum absolute atomic E-state index is 12.2. The van der Waals surface area contributed by atoms with Crippen molar-refractivity contribution in [2.75, 3.05) is 13.6 Å². The van der Waals surface area contributed by atoms with Crippen molar-refractivity contribution in [1.29, 1.82) is 0 Å². The zero-order chi connectivity index (χ0) is 16.8. The molecule has 5 nitrogen and oxygen atoms in total. The van der Waals surface area contributed by atoms with Gasteiger partial charge in [-0.15, -0.1) is 0 Å². The molecule has 0 aliphatic heterocycles. The van der Waals surface area contributed by atoms with Crippen LogP contribution >= 0.6 is 0 Å². The van der Waals surface area contributed by atoms with E-state index in [9.17, 15) is 4.79 Å². The molecule has 5 heteroatoms. The van der Waals surface area contributed by atoms with Crippen LogP contribution in [0.3, 0.4) is 0 Å². The molecule has 1 atom stereocenters. The second-order valence-corrected chi connectivity index (χ2v) is 5.85. The van der Waals surface area contributed by atoms with Crippen LogP contribution in [-0.4, -0.2) is 34.9 Å². The Kier molecular flexibility index (Phi) is 5.23. The average molecular weight is 322 g/mol. The van der Waals surface area contributed by atoms with E-state index in [1.807, 2.05) is 60.2 Å². The summed E-state index contributed by atoms with van der Waals surface area (Å²) >= 11 is 0. The van der Waals surface area contributed by atoms with Crippen molar-refractivity contribution in [3.05, 3.63) is 72.2 Å². The molecule has 2 N–H and O–H groups in total. The summed E-state index contributed by atoms with van der Waals surface area (Å²) in [6, 6.07) is 16.3. The largest absolute Gasteiger partial charge is 0.354 e. The molecule has 2 heterocycles. The van der Waals surface area contributed by atoms with Crippen LogP contribution < -0.4 is 10.6 Å². The molecule has 0 radical (unpaired) electrons. The molecule has 0 bridgehead atoms. The Balaban J connectivity index is 1.52. The first-order chi connectivity index (χ1) is 11.7. The lowest BCUT2D eigenvalue weighted by molar-refractivity contribution is -0.120. The summed E-state index contributed by atoms with van der Waals surface area (Å²) in [6.07, 6.45) is 5.00. The number of amides is 1. The molecule has 3 aromatic rings. The summed E-state index contributed by atoms with van der Waals surface area (Å²) in [6.45, 7) is 0.595. The van der Waals surface area contributed by atoms with Crippen LogP contribution in [0.1, 0.15) is 11.3 Å². The van der Waals surface area contributed by atoms with Gasteiger partial charge in [0.25, 0.3) is 0 Å². The number of carbonyl (C=O) groups is 1. The van der Waals surface area contributed by atoms with E-state index in [1.54, 1.807) is 0 Å². The average Bonchev–Trinajstić information content (AvgIpc) is 3.01. The van der Waals surface area contributed by atoms with Crippen LogP contribution in [0.4, 0.5) is 0 Å². The molecular weight excluding hydrogens is 300 g/mol. The number of pyridine rings is 1. The van der Waals surface area contributed by atoms with Crippen LogP contribution in [0.5, 0.6) is 0 Å². The van der Waals surface area contributed by atoms with Gasteiger partial charge in [-0.1, -0.05) is 36.4 Å². The fourth-order valence-corrected chi connectivity index (χ4v) is 2.71. The number of carbonyl (C=O) groups excluding carboxylic acids is 1. The summed E-state index contributed by atoms with van der Waals surface area (Å²) in [5.74, 6) is -0.00767. The zero-order valence-corrected chi connectivity index (χ0v) is 13.8. The number of aromatic nitrogens is 2. The van der Waals surface area contributed by atoms with E-state index < -0.39 is 0 Å². The van der Waals surface area contributed by atoms with Gasteiger partial charge in [0.05, 0.1) is 12.1 Å². The summed E-state index contributed by atoms with van der Waals surface area (Å²) < 4.78 is 1.93. The maximum atomic E-state index is 12.2. The molecular formula is C19H22N4O. The van der Waals surface area contributed by atoms with E-state index in [0.29, 0.717) is 13.0 Å². The summed E-state index contributed by atoms with van der Waals surface area (Å²) in [7, 11) is 1.92. The third kappa shape index (κ3) is 4.20. The van der Waals surface area contributed by atoms with Gasteiger partial charge in [-0.2, -0.15) is 0 Å². The number of benzene rings is 1. The van der Waals surface area contributed by atoms with Crippen LogP contribution in [-0.2, 0) is 17.6 Å². The molecule has 0 unspecified atom stereocenters. The smallest absolute Gasteiger partial charge is 0.226 e. The number of nitrogens with one attached hydrogen (secondary N) is 2. The van der Waals surface area contributed by atoms with Gasteiger partial charge in [0, 0.05) is 25.0 Å². The highest BCUT2D eigenvalue weighted by Gasteiger charge is 2.11. The maximum Gasteiger partial charge on any atom is 0.226 e. The molecule has 0 aliphatic rings. The Hall–Kier alpha value is -2.66. The van der Waals surface area contributed by atoms with Crippen LogP contribution in [0.25, 0.3) is 5.65 Å². The minimum absolute atomic E-state index is 0.00767. The standard InChI is InChI=1S/C19H22N4O/c1-20-16(11-15-7-3-2-4-8-15)13-21-19(24)12-17-14-23-10-6-5-9-18(23)22-17/h2-10,14,16,20H,11-13H2,1H3,(H,21,24)/t16-/m0/s1. The van der Waals surface area contributed by atoms with Gasteiger partial charge in [-0.3, -0.25) is 4.79 Å². The highest BCUT2D eigenvalue weighted by atomic mass is 16.1. The molecule has 0 saturated carbocycles. The molecule has 0 fully saturated rings. The second kappa shape index (κ2) is 7.75. The van der Waals surface area contributed by atoms with Crippen LogP contribution in [0, 0.1) is 0 Å². The number of nitrogens with zero attached hydrogens (tertiary/aromatic N) is 2. The van der Waals surface area contributed by atoms with Gasteiger partial charge in [-0.25, -0.2) is 4.98 Å². The molecule has 0 spiro atoms. The number of rotatable bonds is 7. The van der Waals surface area contributed by atoms with E-state index >= 15 is 0 Å². The van der Waals surface area contributed by atoms with E-state index in [-0.39, 0.29) is 11.9 Å². The first-order valence-electron chi connectivity index (χ1n) is 8.15. The fourth-order valence-electron chi connectivity index (χ4n) is 2.71. The van der Waals surface area contributed by atoms with Crippen LogP contribution in [0.15, 0.2) is 60.9 Å². The summed E-state index contributed by atoms with van der Waals surface area (Å²) in [5.41, 5.74) is 2.90. The Morgan fingerprint density at radius 3 is 2.71 bits per heavy atom. The number of imidazole rings is 1. The minimum Gasteiger partial charge on any atom is -0.354 e. The van der Waals surface area contributed by atoms with Crippen molar-refractivity contribution in [1.82, 2.24) is 20.0 Å². The number of likely N-dealkylation sites (N-methyl/N-ethyl adjacent to an activating group) is 1. The van der Waals surface area contributed by atoms with Crippen molar-refractivity contribution in [3.63, 3.8) is 0 Å². The number of fused-ring (bicyclic) bond motifs is 1. The number of hydrogen-bond donors (Lipinski definition) is 2. The minimum atomic E-state index is -0.00767. The predicted octanol–water partition coefficient (Wildman–Crippen LogP) is 1.82. The predicted molar refractivity (Wildman–Crippen MR) is 94.9 cm³/mol. The molecule has 3 rings (SSSR count). The monoisotopic (exact) mass is 322 g/mol. The van der Waals surface area contributed by atoms with Crippen molar-refractivity contribution in [2.24, 2.45) is 0 Å². The lowest BCUT2D eigenvalue weighted by atomic mass is 10.1. The van der Waals surface area contributed by atoms with Crippen molar-refractivity contribution >= 4 is 11.6 Å². The lowest BCUT2D eigenvalue weighted by Crippen LogP contribution is -2.41. The molecule has 2 aromatic heterocycles. The highest BCUT2D eigenvalue weighted by molar-refractivity contribution is 5.78. The Morgan fingerprint density at radius 1 is 1.17 bits per heavy atom. The SMILES string of the molecule is CN[C@H](CNC(=O)Cc1cn2ccccc2n1)Cc1ccccc1. The summed E-state index contributed by atoms with van der Waals surface area (Å²) in [4.78, 5) is 16.6. The third-order valence-electron chi connectivity index (χ3n) is 4.03. The Morgan fingerprint density at radius 2 is 1.96 bits per heavy atom. The molecule has 0 saturated heterocycles. The zero-order valence-electron chi connectivity index (χ0n) is 13.8. The van der Waals surface area contributed by atoms with Crippen molar-refractivity contribution in [3.8, 4) is 0 Å². The second-order valence-electron chi connectivity index (χ2n) is 5.85.